The van der Waals surface area contributed by atoms with Gasteiger partial charge in [0.15, 0.2) is 5.78 Å². The van der Waals surface area contributed by atoms with Crippen LogP contribution in [0.2, 0.25) is 0 Å². The number of carbonyl (C=O) groups excluding carboxylic acids is 2. The molecule has 0 fully saturated rings. The van der Waals surface area contributed by atoms with Gasteiger partial charge in [-0.25, -0.2) is 10.2 Å². The fourth-order valence-electron chi connectivity index (χ4n) is 1.94. The second kappa shape index (κ2) is 8.38. The van der Waals surface area contributed by atoms with Gasteiger partial charge in [0.05, 0.1) is 6.61 Å². The first-order valence-electron chi connectivity index (χ1n) is 7.25. The van der Waals surface area contributed by atoms with Gasteiger partial charge in [0, 0.05) is 17.8 Å². The lowest BCUT2D eigenvalue weighted by molar-refractivity contribution is 0.104. The van der Waals surface area contributed by atoms with Crippen LogP contribution < -0.4 is 10.9 Å². The average molecular weight is 310 g/mol. The van der Waals surface area contributed by atoms with E-state index in [0.29, 0.717) is 5.56 Å². The highest BCUT2D eigenvalue weighted by Crippen LogP contribution is 2.19. The molecule has 0 radical (unpaired) electrons. The van der Waals surface area contributed by atoms with E-state index in [4.69, 9.17) is 0 Å². The van der Waals surface area contributed by atoms with Crippen molar-refractivity contribution in [2.24, 2.45) is 0 Å². The van der Waals surface area contributed by atoms with Crippen LogP contribution in [0.25, 0.3) is 11.1 Å². The Hall–Kier alpha value is -3.08. The highest BCUT2D eigenvalue weighted by molar-refractivity contribution is 6.04. The fraction of sp³-hybridized carbons (Fsp3) is 0.111. The highest BCUT2D eigenvalue weighted by atomic mass is 16.5. The minimum absolute atomic E-state index is 0.164. The van der Waals surface area contributed by atoms with Crippen LogP contribution in [-0.2, 0) is 4.74 Å². The van der Waals surface area contributed by atoms with Crippen LogP contribution in [-0.4, -0.2) is 18.5 Å². The van der Waals surface area contributed by atoms with Crippen molar-refractivity contribution in [1.29, 1.82) is 0 Å². The maximum Gasteiger partial charge on any atom is 0.425 e. The molecular weight excluding hydrogens is 292 g/mol. The molecule has 2 aromatic carbocycles. The third-order valence-corrected chi connectivity index (χ3v) is 3.04. The third-order valence-electron chi connectivity index (χ3n) is 3.04. The topological polar surface area (TPSA) is 67.4 Å². The Kier molecular flexibility index (Phi) is 5.94. The third kappa shape index (κ3) is 5.00. The van der Waals surface area contributed by atoms with Crippen molar-refractivity contribution in [2.75, 3.05) is 6.61 Å². The van der Waals surface area contributed by atoms with Gasteiger partial charge in [-0.2, -0.15) is 0 Å². The Labute approximate surface area is 134 Å². The van der Waals surface area contributed by atoms with E-state index in [1.54, 1.807) is 19.1 Å². The Balaban J connectivity index is 1.91. The van der Waals surface area contributed by atoms with Gasteiger partial charge in [0.25, 0.3) is 0 Å². The number of rotatable bonds is 6. The second-order valence-electron chi connectivity index (χ2n) is 4.63. The molecule has 0 aliphatic carbocycles. The van der Waals surface area contributed by atoms with Crippen molar-refractivity contribution in [3.63, 3.8) is 0 Å². The Morgan fingerprint density at radius 1 is 1.00 bits per heavy atom. The summed E-state index contributed by atoms with van der Waals surface area (Å²) in [4.78, 5) is 23.0. The number of ketones is 1. The summed E-state index contributed by atoms with van der Waals surface area (Å²) in [7, 11) is 0. The lowest BCUT2D eigenvalue weighted by Crippen LogP contribution is -2.34. The van der Waals surface area contributed by atoms with E-state index in [-0.39, 0.29) is 12.4 Å². The van der Waals surface area contributed by atoms with Gasteiger partial charge in [-0.05, 0) is 18.1 Å². The molecule has 118 valence electrons. The first kappa shape index (κ1) is 16.3. The van der Waals surface area contributed by atoms with E-state index >= 15 is 0 Å². The standard InChI is InChI=1S/C18H18N2O3/c1-2-23-18(22)20-19-13-12-17(21)16-10-8-15(9-11-16)14-6-4-3-5-7-14/h3-13,19H,2H2,1H3,(H,20,22)/b13-12+. The fourth-order valence-corrected chi connectivity index (χ4v) is 1.94. The van der Waals surface area contributed by atoms with Gasteiger partial charge in [-0.3, -0.25) is 4.79 Å². The minimum atomic E-state index is -0.600. The Morgan fingerprint density at radius 2 is 1.65 bits per heavy atom. The minimum Gasteiger partial charge on any atom is -0.449 e. The molecule has 0 atom stereocenters. The monoisotopic (exact) mass is 310 g/mol. The average Bonchev–Trinajstić information content (AvgIpc) is 2.60. The molecule has 0 aliphatic rings. The molecule has 2 rings (SSSR count). The van der Waals surface area contributed by atoms with E-state index in [2.05, 4.69) is 15.6 Å². The molecule has 5 nitrogen and oxygen atoms in total. The Bertz CT molecular complexity index is 679. The molecule has 0 saturated heterocycles. The summed E-state index contributed by atoms with van der Waals surface area (Å²) >= 11 is 0. The van der Waals surface area contributed by atoms with Crippen LogP contribution in [0.3, 0.4) is 0 Å². The molecular formula is C18H18N2O3. The molecule has 0 saturated carbocycles. The molecule has 0 aliphatic heterocycles. The summed E-state index contributed by atoms with van der Waals surface area (Å²) in [5.74, 6) is -0.164. The number of hydrazine groups is 1. The number of hydrogen-bond acceptors (Lipinski definition) is 4. The van der Waals surface area contributed by atoms with Crippen LogP contribution in [0.1, 0.15) is 17.3 Å². The molecule has 0 heterocycles. The van der Waals surface area contributed by atoms with Gasteiger partial charge in [-0.15, -0.1) is 0 Å². The summed E-state index contributed by atoms with van der Waals surface area (Å²) in [6.07, 6.45) is 2.09. The quantitative estimate of drug-likeness (QED) is 0.488. The normalized spacial score (nSPS) is 10.3. The second-order valence-corrected chi connectivity index (χ2v) is 4.63. The van der Waals surface area contributed by atoms with Gasteiger partial charge in [-0.1, -0.05) is 54.6 Å². The zero-order chi connectivity index (χ0) is 16.5. The van der Waals surface area contributed by atoms with Crippen molar-refractivity contribution >= 4 is 11.9 Å². The predicted molar refractivity (Wildman–Crippen MR) is 88.6 cm³/mol. The molecule has 0 aromatic heterocycles. The van der Waals surface area contributed by atoms with E-state index < -0.39 is 6.09 Å². The van der Waals surface area contributed by atoms with Crippen molar-refractivity contribution in [1.82, 2.24) is 10.9 Å². The number of benzene rings is 2. The van der Waals surface area contributed by atoms with Crippen LogP contribution in [0.15, 0.2) is 66.9 Å². The molecule has 23 heavy (non-hydrogen) atoms. The van der Waals surface area contributed by atoms with Crippen LogP contribution in [0.5, 0.6) is 0 Å². The highest BCUT2D eigenvalue weighted by Gasteiger charge is 2.03. The van der Waals surface area contributed by atoms with Gasteiger partial charge in [0.1, 0.15) is 0 Å². The largest absolute Gasteiger partial charge is 0.449 e. The van der Waals surface area contributed by atoms with E-state index in [0.717, 1.165) is 11.1 Å². The van der Waals surface area contributed by atoms with Crippen molar-refractivity contribution in [2.45, 2.75) is 6.92 Å². The molecule has 0 spiro atoms. The summed E-state index contributed by atoms with van der Waals surface area (Å²) in [6.45, 7) is 1.99. The van der Waals surface area contributed by atoms with Crippen LogP contribution >= 0.6 is 0 Å². The number of hydrogen-bond donors (Lipinski definition) is 2. The molecule has 0 bridgehead atoms. The zero-order valence-corrected chi connectivity index (χ0v) is 12.8. The molecule has 5 heteroatoms. The van der Waals surface area contributed by atoms with Crippen molar-refractivity contribution in [3.05, 3.63) is 72.4 Å². The van der Waals surface area contributed by atoms with Crippen molar-refractivity contribution in [3.8, 4) is 11.1 Å². The van der Waals surface area contributed by atoms with E-state index in [1.165, 1.54) is 12.3 Å². The Morgan fingerprint density at radius 3 is 2.30 bits per heavy atom. The summed E-state index contributed by atoms with van der Waals surface area (Å²) in [5.41, 5.74) is 7.47. The first-order valence-corrected chi connectivity index (χ1v) is 7.25. The van der Waals surface area contributed by atoms with Gasteiger partial charge < -0.3 is 10.2 Å². The summed E-state index contributed by atoms with van der Waals surface area (Å²) in [5, 5.41) is 0. The maximum absolute atomic E-state index is 12.0. The molecule has 0 unspecified atom stereocenters. The summed E-state index contributed by atoms with van der Waals surface area (Å²) < 4.78 is 4.66. The lowest BCUT2D eigenvalue weighted by atomic mass is 10.0. The predicted octanol–water partition coefficient (Wildman–Crippen LogP) is 3.30. The maximum atomic E-state index is 12.0. The smallest absolute Gasteiger partial charge is 0.425 e. The number of ether oxygens (including phenoxy) is 1. The number of nitrogens with one attached hydrogen (secondary N) is 2. The van der Waals surface area contributed by atoms with Gasteiger partial charge >= 0.3 is 6.09 Å². The van der Waals surface area contributed by atoms with Crippen LogP contribution in [0, 0.1) is 0 Å². The SMILES string of the molecule is CCOC(=O)NN/C=C/C(=O)c1ccc(-c2ccccc2)cc1. The lowest BCUT2D eigenvalue weighted by Gasteiger charge is -2.04. The zero-order valence-electron chi connectivity index (χ0n) is 12.8. The summed E-state index contributed by atoms with van der Waals surface area (Å²) in [6, 6.07) is 17.3. The number of amides is 1. The molecule has 2 N–H and O–H groups in total. The first-order chi connectivity index (χ1) is 11.2. The number of carbonyl (C=O) groups is 2. The molecule has 2 aromatic rings. The van der Waals surface area contributed by atoms with Crippen LogP contribution in [0.4, 0.5) is 4.79 Å². The molecule has 1 amide bonds. The van der Waals surface area contributed by atoms with Gasteiger partial charge in [0.2, 0.25) is 0 Å². The van der Waals surface area contributed by atoms with Crippen molar-refractivity contribution < 1.29 is 14.3 Å². The van der Waals surface area contributed by atoms with E-state index in [9.17, 15) is 9.59 Å². The van der Waals surface area contributed by atoms with E-state index in [1.807, 2.05) is 42.5 Å². The number of allylic oxidation sites excluding steroid dienone is 1.